The number of sulfonamides is 1. The molecular weight excluding hydrogens is 314 g/mol. The molecule has 18 heavy (non-hydrogen) atoms. The Hall–Kier alpha value is -0.830. The van der Waals surface area contributed by atoms with Gasteiger partial charge in [-0.1, -0.05) is 27.9 Å². The van der Waals surface area contributed by atoms with Crippen molar-refractivity contribution in [1.29, 1.82) is 0 Å². The van der Waals surface area contributed by atoms with Crippen LogP contribution in [0.25, 0.3) is 0 Å². The fourth-order valence-electron chi connectivity index (χ4n) is 1.71. The lowest BCUT2D eigenvalue weighted by Crippen LogP contribution is -2.33. The molecule has 1 aromatic carbocycles. The highest BCUT2D eigenvalue weighted by Crippen LogP contribution is 2.31. The van der Waals surface area contributed by atoms with E-state index in [9.17, 15) is 8.42 Å². The van der Waals surface area contributed by atoms with Crippen LogP contribution < -0.4 is 0 Å². The van der Waals surface area contributed by atoms with Crippen molar-refractivity contribution in [2.24, 2.45) is 5.92 Å². The summed E-state index contributed by atoms with van der Waals surface area (Å²) in [5, 5.41) is 0. The van der Waals surface area contributed by atoms with Crippen LogP contribution in [0.4, 0.5) is 0 Å². The largest absolute Gasteiger partial charge is 0.243 e. The van der Waals surface area contributed by atoms with E-state index in [0.717, 1.165) is 17.3 Å². The molecule has 1 fully saturated rings. The Kier molecular flexibility index (Phi) is 4.10. The van der Waals surface area contributed by atoms with Crippen LogP contribution >= 0.6 is 15.9 Å². The fraction of sp³-hybridized carbons (Fsp3) is 0.385. The van der Waals surface area contributed by atoms with Gasteiger partial charge in [-0.3, -0.25) is 0 Å². The Morgan fingerprint density at radius 1 is 1.44 bits per heavy atom. The van der Waals surface area contributed by atoms with Crippen LogP contribution in [0.1, 0.15) is 12.8 Å². The van der Waals surface area contributed by atoms with Gasteiger partial charge in [-0.25, -0.2) is 8.42 Å². The first kappa shape index (κ1) is 13.6. The van der Waals surface area contributed by atoms with E-state index < -0.39 is 10.0 Å². The maximum Gasteiger partial charge on any atom is 0.243 e. The summed E-state index contributed by atoms with van der Waals surface area (Å²) in [5.41, 5.74) is 0. The minimum Gasteiger partial charge on any atom is -0.207 e. The van der Waals surface area contributed by atoms with E-state index in [0.29, 0.717) is 12.5 Å². The lowest BCUT2D eigenvalue weighted by molar-refractivity contribution is 0.430. The second kappa shape index (κ2) is 5.43. The van der Waals surface area contributed by atoms with Gasteiger partial charge in [0.25, 0.3) is 0 Å². The van der Waals surface area contributed by atoms with Gasteiger partial charge in [0.1, 0.15) is 0 Å². The molecule has 1 aliphatic rings. The van der Waals surface area contributed by atoms with Gasteiger partial charge in [-0.2, -0.15) is 4.31 Å². The monoisotopic (exact) mass is 327 g/mol. The van der Waals surface area contributed by atoms with Crippen molar-refractivity contribution in [3.05, 3.63) is 28.7 Å². The number of benzene rings is 1. The summed E-state index contributed by atoms with van der Waals surface area (Å²) in [7, 11) is -3.48. The van der Waals surface area contributed by atoms with Gasteiger partial charge in [0.15, 0.2) is 0 Å². The summed E-state index contributed by atoms with van der Waals surface area (Å²) in [6.07, 6.45) is 7.45. The summed E-state index contributed by atoms with van der Waals surface area (Å²) in [4.78, 5) is 0.285. The lowest BCUT2D eigenvalue weighted by atomic mass is 10.4. The first-order valence-corrected chi connectivity index (χ1v) is 7.96. The van der Waals surface area contributed by atoms with Crippen molar-refractivity contribution < 1.29 is 8.42 Å². The van der Waals surface area contributed by atoms with Gasteiger partial charge in [-0.15, -0.1) is 6.42 Å². The SMILES string of the molecule is C#CCN(CC1CC1)S(=O)(=O)c1cccc(Br)c1. The van der Waals surface area contributed by atoms with E-state index in [1.165, 1.54) is 4.31 Å². The first-order chi connectivity index (χ1) is 8.54. The molecule has 0 spiro atoms. The van der Waals surface area contributed by atoms with E-state index in [2.05, 4.69) is 21.9 Å². The second-order valence-corrected chi connectivity index (χ2v) is 7.26. The van der Waals surface area contributed by atoms with Gasteiger partial charge in [-0.05, 0) is 37.0 Å². The van der Waals surface area contributed by atoms with E-state index in [-0.39, 0.29) is 11.4 Å². The molecule has 0 unspecified atom stereocenters. The third-order valence-electron chi connectivity index (χ3n) is 2.86. The number of nitrogens with zero attached hydrogens (tertiary/aromatic N) is 1. The maximum atomic E-state index is 12.4. The molecule has 0 radical (unpaired) electrons. The molecule has 0 aromatic heterocycles. The minimum atomic E-state index is -3.48. The molecule has 1 aliphatic carbocycles. The second-order valence-electron chi connectivity index (χ2n) is 4.40. The zero-order chi connectivity index (χ0) is 13.2. The molecule has 3 nitrogen and oxygen atoms in total. The summed E-state index contributed by atoms with van der Waals surface area (Å²) in [6, 6.07) is 6.70. The Morgan fingerprint density at radius 2 is 2.17 bits per heavy atom. The number of halogens is 1. The number of terminal acetylenes is 1. The number of hydrogen-bond donors (Lipinski definition) is 0. The highest BCUT2D eigenvalue weighted by atomic mass is 79.9. The molecule has 0 bridgehead atoms. The summed E-state index contributed by atoms with van der Waals surface area (Å²) in [6.45, 7) is 0.657. The third kappa shape index (κ3) is 3.14. The normalized spacial score (nSPS) is 15.6. The third-order valence-corrected chi connectivity index (χ3v) is 5.16. The zero-order valence-corrected chi connectivity index (χ0v) is 12.2. The highest BCUT2D eigenvalue weighted by Gasteiger charge is 2.31. The van der Waals surface area contributed by atoms with Crippen LogP contribution in [0.2, 0.25) is 0 Å². The Balaban J connectivity index is 2.29. The molecule has 0 atom stereocenters. The highest BCUT2D eigenvalue weighted by molar-refractivity contribution is 9.10. The van der Waals surface area contributed by atoms with Crippen molar-refractivity contribution in [3.8, 4) is 12.3 Å². The predicted molar refractivity (Wildman–Crippen MR) is 74.5 cm³/mol. The van der Waals surface area contributed by atoms with E-state index in [1.54, 1.807) is 24.3 Å². The molecule has 0 amide bonds. The molecular formula is C13H14BrNO2S. The summed E-state index contributed by atoms with van der Waals surface area (Å²) in [5.74, 6) is 2.90. The summed E-state index contributed by atoms with van der Waals surface area (Å²) < 4.78 is 27.0. The molecule has 5 heteroatoms. The van der Waals surface area contributed by atoms with Crippen LogP contribution in [0, 0.1) is 18.3 Å². The molecule has 0 heterocycles. The van der Waals surface area contributed by atoms with Crippen molar-refractivity contribution in [3.63, 3.8) is 0 Å². The van der Waals surface area contributed by atoms with Crippen LogP contribution in [-0.4, -0.2) is 25.8 Å². The lowest BCUT2D eigenvalue weighted by Gasteiger charge is -2.19. The van der Waals surface area contributed by atoms with Gasteiger partial charge in [0.05, 0.1) is 11.4 Å². The van der Waals surface area contributed by atoms with Gasteiger partial charge < -0.3 is 0 Å². The van der Waals surface area contributed by atoms with Gasteiger partial charge >= 0.3 is 0 Å². The molecule has 1 aromatic rings. The van der Waals surface area contributed by atoms with Crippen LogP contribution in [0.5, 0.6) is 0 Å². The number of rotatable bonds is 5. The summed E-state index contributed by atoms with van der Waals surface area (Å²) >= 11 is 3.28. The van der Waals surface area contributed by atoms with Crippen molar-refractivity contribution >= 4 is 26.0 Å². The Morgan fingerprint density at radius 3 is 2.72 bits per heavy atom. The average molecular weight is 328 g/mol. The Labute approximate surface area is 116 Å². The average Bonchev–Trinajstić information content (AvgIpc) is 3.12. The van der Waals surface area contributed by atoms with E-state index in [1.807, 2.05) is 0 Å². The standard InChI is InChI=1S/C13H14BrNO2S/c1-2-8-15(10-11-6-7-11)18(16,17)13-5-3-4-12(14)9-13/h1,3-5,9,11H,6-8,10H2. The smallest absolute Gasteiger partial charge is 0.207 e. The van der Waals surface area contributed by atoms with E-state index >= 15 is 0 Å². The minimum absolute atomic E-state index is 0.130. The van der Waals surface area contributed by atoms with Crippen molar-refractivity contribution in [2.45, 2.75) is 17.7 Å². The fourth-order valence-corrected chi connectivity index (χ4v) is 3.74. The molecule has 0 saturated heterocycles. The molecule has 1 saturated carbocycles. The van der Waals surface area contributed by atoms with Gasteiger partial charge in [0, 0.05) is 11.0 Å². The predicted octanol–water partition coefficient (Wildman–Crippen LogP) is 2.48. The first-order valence-electron chi connectivity index (χ1n) is 5.73. The van der Waals surface area contributed by atoms with Crippen molar-refractivity contribution in [2.75, 3.05) is 13.1 Å². The molecule has 0 aliphatic heterocycles. The topological polar surface area (TPSA) is 37.4 Å². The Bertz CT molecular complexity index is 573. The number of hydrogen-bond acceptors (Lipinski definition) is 2. The quantitative estimate of drug-likeness (QED) is 0.779. The van der Waals surface area contributed by atoms with Crippen LogP contribution in [0.3, 0.4) is 0 Å². The van der Waals surface area contributed by atoms with Crippen molar-refractivity contribution in [1.82, 2.24) is 4.31 Å². The van der Waals surface area contributed by atoms with Gasteiger partial charge in [0.2, 0.25) is 10.0 Å². The molecule has 2 rings (SSSR count). The van der Waals surface area contributed by atoms with E-state index in [4.69, 9.17) is 6.42 Å². The molecule has 0 N–H and O–H groups in total. The zero-order valence-electron chi connectivity index (χ0n) is 9.84. The maximum absolute atomic E-state index is 12.4. The van der Waals surface area contributed by atoms with Crippen LogP contribution in [0.15, 0.2) is 33.6 Å². The van der Waals surface area contributed by atoms with Crippen LogP contribution in [-0.2, 0) is 10.0 Å². The molecule has 96 valence electrons.